The van der Waals surface area contributed by atoms with Gasteiger partial charge in [-0.1, -0.05) is 17.7 Å². The van der Waals surface area contributed by atoms with E-state index in [4.69, 9.17) is 16.3 Å². The second kappa shape index (κ2) is 7.19. The van der Waals surface area contributed by atoms with Gasteiger partial charge in [0.25, 0.3) is 0 Å². The van der Waals surface area contributed by atoms with Crippen LogP contribution >= 0.6 is 11.6 Å². The molecular weight excluding hydrogens is 369 g/mol. The van der Waals surface area contributed by atoms with Crippen molar-refractivity contribution in [2.75, 3.05) is 26.3 Å². The van der Waals surface area contributed by atoms with Crippen LogP contribution < -0.4 is 0 Å². The number of morpholine rings is 1. The fourth-order valence-electron chi connectivity index (χ4n) is 2.95. The summed E-state index contributed by atoms with van der Waals surface area (Å²) in [5.41, 5.74) is -2.11. The lowest BCUT2D eigenvalue weighted by atomic mass is 9.88. The first-order chi connectivity index (χ1) is 12.4. The second-order valence-electron chi connectivity index (χ2n) is 5.69. The summed E-state index contributed by atoms with van der Waals surface area (Å²) in [6, 6.07) is 8.01. The number of pyridine rings is 2. The number of alkyl halides is 3. The zero-order chi connectivity index (χ0) is 18.8. The van der Waals surface area contributed by atoms with Crippen molar-refractivity contribution in [1.29, 1.82) is 5.26 Å². The molecule has 3 rings (SSSR count). The number of halogens is 4. The summed E-state index contributed by atoms with van der Waals surface area (Å²) in [6.45, 7) is 1.55. The minimum absolute atomic E-state index is 0.0234. The normalized spacial score (nSPS) is 18.1. The SMILES string of the molecule is N#C[C@](c1ccccn1)(c1ncc(C(F)(F)F)cc1Cl)N1CCOCC1. The van der Waals surface area contributed by atoms with E-state index in [0.717, 1.165) is 6.07 Å². The molecule has 1 aliphatic heterocycles. The minimum atomic E-state index is -4.57. The lowest BCUT2D eigenvalue weighted by molar-refractivity contribution is -0.137. The summed E-state index contributed by atoms with van der Waals surface area (Å²) < 4.78 is 44.2. The molecule has 2 aromatic rings. The number of rotatable bonds is 3. The number of hydrogen-bond acceptors (Lipinski definition) is 5. The summed E-state index contributed by atoms with van der Waals surface area (Å²) in [6.07, 6.45) is -2.37. The molecule has 9 heteroatoms. The Morgan fingerprint density at radius 1 is 1.19 bits per heavy atom. The highest BCUT2D eigenvalue weighted by atomic mass is 35.5. The largest absolute Gasteiger partial charge is 0.417 e. The molecule has 5 nitrogen and oxygen atoms in total. The lowest BCUT2D eigenvalue weighted by Gasteiger charge is -2.40. The van der Waals surface area contributed by atoms with Crippen molar-refractivity contribution in [3.05, 3.63) is 58.6 Å². The molecule has 0 aromatic carbocycles. The van der Waals surface area contributed by atoms with Gasteiger partial charge in [-0.05, 0) is 18.2 Å². The minimum Gasteiger partial charge on any atom is -0.379 e. The van der Waals surface area contributed by atoms with Crippen molar-refractivity contribution in [2.24, 2.45) is 0 Å². The van der Waals surface area contributed by atoms with Crippen LogP contribution in [-0.4, -0.2) is 41.2 Å². The maximum atomic E-state index is 13.0. The predicted molar refractivity (Wildman–Crippen MR) is 87.3 cm³/mol. The van der Waals surface area contributed by atoms with Crippen LogP contribution in [0.4, 0.5) is 13.2 Å². The van der Waals surface area contributed by atoms with Gasteiger partial charge < -0.3 is 4.74 Å². The molecule has 0 bridgehead atoms. The Morgan fingerprint density at radius 3 is 2.46 bits per heavy atom. The molecule has 0 saturated carbocycles. The first kappa shape index (κ1) is 18.6. The van der Waals surface area contributed by atoms with Crippen molar-refractivity contribution in [1.82, 2.24) is 14.9 Å². The van der Waals surface area contributed by atoms with Gasteiger partial charge in [-0.3, -0.25) is 14.9 Å². The average Bonchev–Trinajstić information content (AvgIpc) is 2.65. The van der Waals surface area contributed by atoms with E-state index in [1.165, 1.54) is 6.20 Å². The van der Waals surface area contributed by atoms with Gasteiger partial charge in [0, 0.05) is 25.5 Å². The molecule has 0 N–H and O–H groups in total. The zero-order valence-corrected chi connectivity index (χ0v) is 14.3. The van der Waals surface area contributed by atoms with Crippen molar-refractivity contribution < 1.29 is 17.9 Å². The lowest BCUT2D eigenvalue weighted by Crippen LogP contribution is -2.52. The number of ether oxygens (including phenoxy) is 1. The Balaban J connectivity index is 2.20. The number of aromatic nitrogens is 2. The third kappa shape index (κ3) is 3.26. The third-order valence-electron chi connectivity index (χ3n) is 4.19. The monoisotopic (exact) mass is 382 g/mol. The molecular formula is C17H14ClF3N4O. The van der Waals surface area contributed by atoms with Crippen LogP contribution in [0.5, 0.6) is 0 Å². The maximum Gasteiger partial charge on any atom is 0.417 e. The van der Waals surface area contributed by atoms with Crippen LogP contribution in [-0.2, 0) is 16.5 Å². The Hall–Kier alpha value is -2.21. The topological polar surface area (TPSA) is 62.0 Å². The Kier molecular flexibility index (Phi) is 5.14. The highest BCUT2D eigenvalue weighted by molar-refractivity contribution is 6.31. The summed E-state index contributed by atoms with van der Waals surface area (Å²) in [5.74, 6) is 0. The number of nitriles is 1. The highest BCUT2D eigenvalue weighted by Gasteiger charge is 2.46. The van der Waals surface area contributed by atoms with E-state index < -0.39 is 17.3 Å². The summed E-state index contributed by atoms with van der Waals surface area (Å²) in [7, 11) is 0. The van der Waals surface area contributed by atoms with Crippen molar-refractivity contribution in [3.8, 4) is 6.07 Å². The summed E-state index contributed by atoms with van der Waals surface area (Å²) in [5, 5.41) is 9.86. The van der Waals surface area contributed by atoms with Crippen LogP contribution in [0.2, 0.25) is 5.02 Å². The van der Waals surface area contributed by atoms with Gasteiger partial charge in [0.2, 0.25) is 0 Å². The molecule has 2 aromatic heterocycles. The fraction of sp³-hybridized carbons (Fsp3) is 0.353. The van der Waals surface area contributed by atoms with Gasteiger partial charge in [0.1, 0.15) is 5.69 Å². The molecule has 0 radical (unpaired) electrons. The van der Waals surface area contributed by atoms with E-state index in [2.05, 4.69) is 16.0 Å². The van der Waals surface area contributed by atoms with Crippen LogP contribution in [0, 0.1) is 11.3 Å². The van der Waals surface area contributed by atoms with Crippen LogP contribution in [0.15, 0.2) is 36.7 Å². The molecule has 1 fully saturated rings. The van der Waals surface area contributed by atoms with E-state index in [1.807, 2.05) is 0 Å². The van der Waals surface area contributed by atoms with E-state index in [9.17, 15) is 18.4 Å². The fourth-order valence-corrected chi connectivity index (χ4v) is 3.25. The van der Waals surface area contributed by atoms with E-state index in [1.54, 1.807) is 23.1 Å². The molecule has 136 valence electrons. The van der Waals surface area contributed by atoms with Gasteiger partial charge >= 0.3 is 6.18 Å². The van der Waals surface area contributed by atoms with Gasteiger partial charge in [0.15, 0.2) is 5.54 Å². The molecule has 1 atom stereocenters. The van der Waals surface area contributed by atoms with E-state index in [-0.39, 0.29) is 10.7 Å². The number of hydrogen-bond donors (Lipinski definition) is 0. The molecule has 1 aliphatic rings. The molecule has 0 unspecified atom stereocenters. The van der Waals surface area contributed by atoms with Crippen LogP contribution in [0.25, 0.3) is 0 Å². The molecule has 26 heavy (non-hydrogen) atoms. The Morgan fingerprint density at radius 2 is 1.92 bits per heavy atom. The van der Waals surface area contributed by atoms with Gasteiger partial charge in [-0.25, -0.2) is 0 Å². The average molecular weight is 383 g/mol. The maximum absolute atomic E-state index is 13.0. The first-order valence-corrected chi connectivity index (χ1v) is 8.16. The molecule has 3 heterocycles. The first-order valence-electron chi connectivity index (χ1n) is 7.78. The standard InChI is InChI=1S/C17H14ClF3N4O/c18-13-9-12(17(19,20)21)10-24-15(13)16(11-22,14-3-1-2-4-23-14)25-5-7-26-8-6-25/h1-4,9-10H,5-8H2/t16-/m0/s1. The van der Waals surface area contributed by atoms with Crippen molar-refractivity contribution in [3.63, 3.8) is 0 Å². The van der Waals surface area contributed by atoms with Crippen LogP contribution in [0.3, 0.4) is 0 Å². The molecule has 0 spiro atoms. The van der Waals surface area contributed by atoms with Crippen LogP contribution in [0.1, 0.15) is 17.0 Å². The van der Waals surface area contributed by atoms with Gasteiger partial charge in [-0.15, -0.1) is 0 Å². The van der Waals surface area contributed by atoms with Crippen molar-refractivity contribution in [2.45, 2.75) is 11.7 Å². The zero-order valence-electron chi connectivity index (χ0n) is 13.5. The van der Waals surface area contributed by atoms with Gasteiger partial charge in [0.05, 0.1) is 35.6 Å². The summed E-state index contributed by atoms with van der Waals surface area (Å²) >= 11 is 6.17. The molecule has 0 amide bonds. The molecule has 1 saturated heterocycles. The highest BCUT2D eigenvalue weighted by Crippen LogP contribution is 2.39. The number of nitrogens with zero attached hydrogens (tertiary/aromatic N) is 4. The Labute approximate surface area is 153 Å². The summed E-state index contributed by atoms with van der Waals surface area (Å²) in [4.78, 5) is 9.98. The second-order valence-corrected chi connectivity index (χ2v) is 6.10. The quantitative estimate of drug-likeness (QED) is 0.815. The molecule has 0 aliphatic carbocycles. The predicted octanol–water partition coefficient (Wildman–Crippen LogP) is 3.25. The Bertz CT molecular complexity index is 819. The smallest absolute Gasteiger partial charge is 0.379 e. The van der Waals surface area contributed by atoms with E-state index >= 15 is 0 Å². The van der Waals surface area contributed by atoms with E-state index in [0.29, 0.717) is 38.2 Å². The third-order valence-corrected chi connectivity index (χ3v) is 4.48. The van der Waals surface area contributed by atoms with Gasteiger partial charge in [-0.2, -0.15) is 18.4 Å². The van der Waals surface area contributed by atoms with Crippen molar-refractivity contribution >= 4 is 11.6 Å².